The number of halogens is 5. The third-order valence-electron chi connectivity index (χ3n) is 5.13. The summed E-state index contributed by atoms with van der Waals surface area (Å²) in [6.45, 7) is 1.57. The van der Waals surface area contributed by atoms with Crippen LogP contribution in [0.4, 0.5) is 23.2 Å². The van der Waals surface area contributed by atoms with Crippen LogP contribution in [0.25, 0.3) is 5.82 Å². The molecule has 0 saturated carbocycles. The van der Waals surface area contributed by atoms with Crippen molar-refractivity contribution in [3.05, 3.63) is 100 Å². The Kier molecular flexibility index (Phi) is 8.74. The van der Waals surface area contributed by atoms with Gasteiger partial charge >= 0.3 is 6.18 Å². The summed E-state index contributed by atoms with van der Waals surface area (Å²) in [4.78, 5) is 33.4. The van der Waals surface area contributed by atoms with Crippen LogP contribution in [-0.4, -0.2) is 31.6 Å². The molecular weight excluding hydrogens is 548 g/mol. The van der Waals surface area contributed by atoms with E-state index in [1.807, 2.05) is 0 Å². The van der Waals surface area contributed by atoms with Crippen molar-refractivity contribution in [1.29, 1.82) is 0 Å². The third-order valence-corrected chi connectivity index (χ3v) is 5.34. The van der Waals surface area contributed by atoms with Gasteiger partial charge in [-0.25, -0.2) is 14.4 Å². The number of carbonyl (C=O) groups excluding carboxylic acids is 2. The molecule has 198 valence electrons. The molecule has 14 heteroatoms. The lowest BCUT2D eigenvalue weighted by molar-refractivity contribution is -0.137. The molecule has 4 rings (SSSR count). The Labute approximate surface area is 225 Å². The van der Waals surface area contributed by atoms with Crippen LogP contribution in [0.1, 0.15) is 45.1 Å². The lowest BCUT2D eigenvalue weighted by atomic mass is 10.1. The van der Waals surface area contributed by atoms with E-state index >= 15 is 0 Å². The molecule has 2 aromatic carbocycles. The number of amides is 2. The van der Waals surface area contributed by atoms with Gasteiger partial charge in [0.2, 0.25) is 0 Å². The number of carbonyl (C=O) groups is 2. The van der Waals surface area contributed by atoms with E-state index in [4.69, 9.17) is 11.6 Å². The van der Waals surface area contributed by atoms with Gasteiger partial charge in [-0.15, -0.1) is 0 Å². The van der Waals surface area contributed by atoms with Crippen LogP contribution in [0.15, 0.2) is 67.1 Å². The largest absolute Gasteiger partial charge is 0.416 e. The van der Waals surface area contributed by atoms with Crippen molar-refractivity contribution in [3.63, 3.8) is 0 Å². The van der Waals surface area contributed by atoms with Crippen molar-refractivity contribution in [2.24, 2.45) is 0 Å². The summed E-state index contributed by atoms with van der Waals surface area (Å²) in [5, 5.41) is 9.04. The van der Waals surface area contributed by atoms with E-state index < -0.39 is 35.4 Å². The molecule has 2 N–H and O–H groups in total. The third kappa shape index (κ3) is 6.66. The Morgan fingerprint density at radius 1 is 0.974 bits per heavy atom. The van der Waals surface area contributed by atoms with E-state index in [9.17, 15) is 27.2 Å². The zero-order chi connectivity index (χ0) is 26.7. The molecule has 0 unspecified atom stereocenters. The van der Waals surface area contributed by atoms with Crippen LogP contribution in [0, 0.1) is 5.82 Å². The summed E-state index contributed by atoms with van der Waals surface area (Å²) in [6, 6.07) is 10.0. The minimum absolute atomic E-state index is 0. The topological polar surface area (TPSA) is 102 Å². The molecule has 0 spiro atoms. The molecule has 2 aromatic heterocycles. The first-order chi connectivity index (χ1) is 17.5. The fraction of sp³-hybridized carbons (Fsp3) is 0.125. The zero-order valence-corrected chi connectivity index (χ0v) is 21.2. The molecule has 2 heterocycles. The summed E-state index contributed by atoms with van der Waals surface area (Å²) >= 11 is 5.77. The maximum absolute atomic E-state index is 13.1. The maximum atomic E-state index is 13.1. The van der Waals surface area contributed by atoms with Crippen molar-refractivity contribution in [2.75, 3.05) is 5.32 Å². The molecule has 0 saturated heterocycles. The number of hydrogen-bond donors (Lipinski definition) is 2. The molecule has 38 heavy (non-hydrogen) atoms. The van der Waals surface area contributed by atoms with Crippen molar-refractivity contribution >= 4 is 42.6 Å². The highest BCUT2D eigenvalue weighted by Gasteiger charge is 2.32. The fourth-order valence-electron chi connectivity index (χ4n) is 3.33. The molecule has 0 radical (unpaired) electrons. The van der Waals surface area contributed by atoms with Crippen LogP contribution < -0.4 is 10.6 Å². The molecule has 0 bridgehead atoms. The number of rotatable bonds is 6. The van der Waals surface area contributed by atoms with Crippen molar-refractivity contribution in [1.82, 2.24) is 25.1 Å². The lowest BCUT2D eigenvalue weighted by Gasteiger charge is -2.15. The Balaban J connectivity index is 0.00000400. The Bertz CT molecular complexity index is 1450. The van der Waals surface area contributed by atoms with E-state index in [1.54, 1.807) is 6.92 Å². The lowest BCUT2D eigenvalue weighted by Crippen LogP contribution is -2.29. The zero-order valence-electron chi connectivity index (χ0n) is 19.4. The van der Waals surface area contributed by atoms with Gasteiger partial charge in [0.1, 0.15) is 12.1 Å². The number of nitrogens with one attached hydrogen (secondary N) is 2. The summed E-state index contributed by atoms with van der Waals surface area (Å²) in [7, 11) is 0. The summed E-state index contributed by atoms with van der Waals surface area (Å²) < 4.78 is 53.6. The molecule has 1 atom stereocenters. The number of aromatic nitrogens is 4. The van der Waals surface area contributed by atoms with E-state index in [0.717, 1.165) is 12.1 Å². The van der Waals surface area contributed by atoms with Crippen molar-refractivity contribution in [2.45, 2.75) is 19.1 Å². The first-order valence-electron chi connectivity index (χ1n) is 10.6. The number of hydrogen-bond acceptors (Lipinski definition) is 5. The fourth-order valence-corrected chi connectivity index (χ4v) is 3.57. The van der Waals surface area contributed by atoms with E-state index in [2.05, 4.69) is 25.7 Å². The van der Waals surface area contributed by atoms with Gasteiger partial charge in [-0.3, -0.25) is 9.59 Å². The number of anilines is 1. The van der Waals surface area contributed by atoms with Gasteiger partial charge in [0.15, 0.2) is 11.6 Å². The van der Waals surface area contributed by atoms with E-state index in [1.165, 1.54) is 53.6 Å². The smallest absolute Gasteiger partial charge is 0.342 e. The Morgan fingerprint density at radius 2 is 1.68 bits per heavy atom. The molecule has 8 nitrogen and oxygen atoms in total. The maximum Gasteiger partial charge on any atom is 0.416 e. The average Bonchev–Trinajstić information content (AvgIpc) is 3.35. The van der Waals surface area contributed by atoms with Gasteiger partial charge in [-0.1, -0.05) is 11.6 Å². The predicted octanol–water partition coefficient (Wildman–Crippen LogP) is 5.33. The summed E-state index contributed by atoms with van der Waals surface area (Å²) in [5.41, 5.74) is -0.695. The standard InChI is InChI=1S/C24H17ClF4N6O2.H2S/c1-13(33-23(37)15-8-16(24(27,28)29)10-17(25)9-15)21-31-12-32-35(21)20-7-2-14(11-30-20)22(36)34-19-5-3-18(26)4-6-19;/h2-13H,1H3,(H,33,37)(H,34,36);1H2/t13-;/m0./s1. The molecule has 4 aromatic rings. The minimum atomic E-state index is -4.67. The highest BCUT2D eigenvalue weighted by Crippen LogP contribution is 2.32. The van der Waals surface area contributed by atoms with Gasteiger partial charge in [0.25, 0.3) is 11.8 Å². The van der Waals surface area contributed by atoms with Crippen molar-refractivity contribution in [3.8, 4) is 5.82 Å². The van der Waals surface area contributed by atoms with Gasteiger partial charge in [-0.05, 0) is 61.5 Å². The highest BCUT2D eigenvalue weighted by atomic mass is 35.5. The SMILES string of the molecule is C[C@H](NC(=O)c1cc(Cl)cc(C(F)(F)F)c1)c1ncnn1-c1ccc(C(=O)Nc2ccc(F)cc2)cn1.S. The van der Waals surface area contributed by atoms with Gasteiger partial charge < -0.3 is 10.6 Å². The second kappa shape index (κ2) is 11.6. The Morgan fingerprint density at radius 3 is 2.32 bits per heavy atom. The molecule has 2 amide bonds. The van der Waals surface area contributed by atoms with Crippen LogP contribution in [0.3, 0.4) is 0 Å². The van der Waals surface area contributed by atoms with Crippen LogP contribution in [0.2, 0.25) is 5.02 Å². The molecule has 0 aliphatic heterocycles. The van der Waals surface area contributed by atoms with Gasteiger partial charge in [0, 0.05) is 22.5 Å². The molecule has 0 aliphatic carbocycles. The van der Waals surface area contributed by atoms with Crippen molar-refractivity contribution < 1.29 is 27.2 Å². The van der Waals surface area contributed by atoms with E-state index in [0.29, 0.717) is 11.8 Å². The summed E-state index contributed by atoms with van der Waals surface area (Å²) in [6.07, 6.45) is -2.15. The van der Waals surface area contributed by atoms with Crippen LogP contribution >= 0.6 is 25.1 Å². The number of pyridine rings is 1. The normalized spacial score (nSPS) is 11.8. The second-order valence-electron chi connectivity index (χ2n) is 7.82. The number of nitrogens with zero attached hydrogens (tertiary/aromatic N) is 4. The molecular formula is C24H19ClF4N6O2S. The predicted molar refractivity (Wildman–Crippen MR) is 136 cm³/mol. The van der Waals surface area contributed by atoms with Gasteiger partial charge in [-0.2, -0.15) is 36.4 Å². The average molecular weight is 567 g/mol. The molecule has 0 aliphatic rings. The number of alkyl halides is 3. The number of benzene rings is 2. The first-order valence-corrected chi connectivity index (χ1v) is 11.0. The Hall–Kier alpha value is -3.97. The minimum Gasteiger partial charge on any atom is -0.342 e. The first kappa shape index (κ1) is 28.6. The highest BCUT2D eigenvalue weighted by molar-refractivity contribution is 7.59. The van der Waals surface area contributed by atoms with Crippen LogP contribution in [0.5, 0.6) is 0 Å². The van der Waals surface area contributed by atoms with Gasteiger partial charge in [0.05, 0.1) is 17.2 Å². The summed E-state index contributed by atoms with van der Waals surface area (Å²) in [5.74, 6) is -1.19. The van der Waals surface area contributed by atoms with E-state index in [-0.39, 0.29) is 41.3 Å². The molecule has 0 fully saturated rings. The monoisotopic (exact) mass is 566 g/mol. The quantitative estimate of drug-likeness (QED) is 0.307. The second-order valence-corrected chi connectivity index (χ2v) is 8.25. The van der Waals surface area contributed by atoms with Crippen LogP contribution in [-0.2, 0) is 6.18 Å².